The summed E-state index contributed by atoms with van der Waals surface area (Å²) < 4.78 is 14.1. The van der Waals surface area contributed by atoms with Crippen LogP contribution in [0.4, 0.5) is 10.2 Å². The van der Waals surface area contributed by atoms with Gasteiger partial charge in [-0.3, -0.25) is 4.79 Å². The fraction of sp³-hybridized carbons (Fsp3) is 0.200. The van der Waals surface area contributed by atoms with Crippen LogP contribution in [0.2, 0.25) is 0 Å². The zero-order chi connectivity index (χ0) is 13.0. The Morgan fingerprint density at radius 3 is 3.00 bits per heavy atom. The highest BCUT2D eigenvalue weighted by Crippen LogP contribution is 2.03. The van der Waals surface area contributed by atoms with E-state index in [4.69, 9.17) is 5.73 Å². The maximum absolute atomic E-state index is 12.8. The molecule has 0 radical (unpaired) electrons. The van der Waals surface area contributed by atoms with E-state index in [1.807, 2.05) is 0 Å². The van der Waals surface area contributed by atoms with Crippen LogP contribution in [0.1, 0.15) is 5.69 Å². The summed E-state index contributed by atoms with van der Waals surface area (Å²) in [5.74, 6) is -0.875. The van der Waals surface area contributed by atoms with Gasteiger partial charge in [0.2, 0.25) is 11.9 Å². The number of carbonyl (C=O) groups excluding carboxylic acids is 1. The lowest BCUT2D eigenvalue weighted by Crippen LogP contribution is -2.19. The molecule has 3 N–H and O–H groups in total. The number of rotatable bonds is 4. The lowest BCUT2D eigenvalue weighted by molar-refractivity contribution is -0.116. The van der Waals surface area contributed by atoms with E-state index in [1.54, 1.807) is 6.20 Å². The third-order valence-corrected chi connectivity index (χ3v) is 2.08. The van der Waals surface area contributed by atoms with Crippen molar-refractivity contribution in [2.45, 2.75) is 13.1 Å². The van der Waals surface area contributed by atoms with Crippen LogP contribution in [0.15, 0.2) is 24.4 Å². The molecule has 0 bridgehead atoms. The second-order valence-electron chi connectivity index (χ2n) is 3.51. The summed E-state index contributed by atoms with van der Waals surface area (Å²) in [5.41, 5.74) is 5.96. The largest absolute Gasteiger partial charge is 0.325 e. The number of halogens is 1. The molecule has 0 unspecified atom stereocenters. The van der Waals surface area contributed by atoms with Crippen LogP contribution in [-0.4, -0.2) is 25.9 Å². The first kappa shape index (κ1) is 12.1. The van der Waals surface area contributed by atoms with Crippen LogP contribution in [0.3, 0.4) is 0 Å². The Morgan fingerprint density at radius 1 is 1.50 bits per heavy atom. The molecule has 0 aliphatic carbocycles. The number of nitrogens with zero attached hydrogens (tertiary/aromatic N) is 4. The van der Waals surface area contributed by atoms with E-state index >= 15 is 0 Å². The molecule has 0 aliphatic heterocycles. The van der Waals surface area contributed by atoms with Crippen LogP contribution < -0.4 is 11.1 Å². The van der Waals surface area contributed by atoms with E-state index in [1.165, 1.54) is 22.9 Å². The quantitative estimate of drug-likeness (QED) is 0.739. The van der Waals surface area contributed by atoms with Gasteiger partial charge in [-0.05, 0) is 12.1 Å². The summed E-state index contributed by atoms with van der Waals surface area (Å²) in [7, 11) is 0. The average Bonchev–Trinajstić information content (AvgIpc) is 2.76. The van der Waals surface area contributed by atoms with Crippen LogP contribution in [0, 0.1) is 5.95 Å². The molecule has 2 aromatic heterocycles. The topological polar surface area (TPSA) is 98.7 Å². The van der Waals surface area contributed by atoms with E-state index in [9.17, 15) is 9.18 Å². The number of hydrogen-bond acceptors (Lipinski definition) is 5. The Balaban J connectivity index is 1.96. The van der Waals surface area contributed by atoms with Gasteiger partial charge in [0.15, 0.2) is 0 Å². The van der Waals surface area contributed by atoms with Gasteiger partial charge >= 0.3 is 0 Å². The molecule has 2 rings (SSSR count). The van der Waals surface area contributed by atoms with Crippen molar-refractivity contribution in [3.8, 4) is 0 Å². The first-order valence-corrected chi connectivity index (χ1v) is 5.19. The summed E-state index contributed by atoms with van der Waals surface area (Å²) in [5, 5.41) is 9.91. The zero-order valence-electron chi connectivity index (χ0n) is 9.38. The lowest BCUT2D eigenvalue weighted by atomic mass is 10.4. The predicted octanol–water partition coefficient (Wildman–Crippen LogP) is -0.0904. The Labute approximate surface area is 102 Å². The van der Waals surface area contributed by atoms with Crippen molar-refractivity contribution in [2.24, 2.45) is 5.73 Å². The smallest absolute Gasteiger partial charge is 0.247 e. The number of hydrogen-bond donors (Lipinski definition) is 2. The molecule has 7 nitrogen and oxygen atoms in total. The molecule has 0 saturated heterocycles. The highest BCUT2D eigenvalue weighted by Gasteiger charge is 2.07. The molecule has 8 heteroatoms. The van der Waals surface area contributed by atoms with Crippen molar-refractivity contribution in [3.05, 3.63) is 36.0 Å². The van der Waals surface area contributed by atoms with E-state index < -0.39 is 5.95 Å². The number of pyridine rings is 1. The average molecular weight is 250 g/mol. The number of carbonyl (C=O) groups is 1. The van der Waals surface area contributed by atoms with Gasteiger partial charge in [-0.1, -0.05) is 11.3 Å². The van der Waals surface area contributed by atoms with Crippen LogP contribution in [0.5, 0.6) is 0 Å². The Morgan fingerprint density at radius 2 is 2.33 bits per heavy atom. The highest BCUT2D eigenvalue weighted by atomic mass is 19.1. The van der Waals surface area contributed by atoms with Gasteiger partial charge < -0.3 is 11.1 Å². The van der Waals surface area contributed by atoms with Crippen molar-refractivity contribution in [3.63, 3.8) is 0 Å². The zero-order valence-corrected chi connectivity index (χ0v) is 9.38. The number of aromatic nitrogens is 4. The number of amides is 1. The van der Waals surface area contributed by atoms with Gasteiger partial charge in [-0.25, -0.2) is 9.67 Å². The maximum Gasteiger partial charge on any atom is 0.247 e. The molecule has 0 aliphatic rings. The monoisotopic (exact) mass is 250 g/mol. The minimum atomic E-state index is -0.654. The van der Waals surface area contributed by atoms with Gasteiger partial charge in [0.1, 0.15) is 12.4 Å². The predicted molar refractivity (Wildman–Crippen MR) is 60.7 cm³/mol. The molecule has 18 heavy (non-hydrogen) atoms. The maximum atomic E-state index is 12.8. The standard InChI is InChI=1S/C10H11FN6O/c11-8-2-1-3-9(13-8)14-10(18)6-17-5-7(4-12)15-16-17/h1-3,5H,4,6,12H2,(H,13,14,18). The van der Waals surface area contributed by atoms with E-state index in [2.05, 4.69) is 20.6 Å². The summed E-state index contributed by atoms with van der Waals surface area (Å²) in [6.45, 7) is 0.221. The highest BCUT2D eigenvalue weighted by molar-refractivity contribution is 5.89. The number of anilines is 1. The van der Waals surface area contributed by atoms with Crippen molar-refractivity contribution in [1.29, 1.82) is 0 Å². The van der Waals surface area contributed by atoms with Crippen LogP contribution >= 0.6 is 0 Å². The summed E-state index contributed by atoms with van der Waals surface area (Å²) in [6, 6.07) is 4.15. The lowest BCUT2D eigenvalue weighted by Gasteiger charge is -2.03. The first-order valence-electron chi connectivity index (χ1n) is 5.19. The molecule has 1 amide bonds. The molecule has 2 aromatic rings. The molecule has 0 aromatic carbocycles. The van der Waals surface area contributed by atoms with Gasteiger partial charge in [-0.15, -0.1) is 5.10 Å². The summed E-state index contributed by atoms with van der Waals surface area (Å²) in [6.07, 6.45) is 1.57. The molecular weight excluding hydrogens is 239 g/mol. The van der Waals surface area contributed by atoms with Gasteiger partial charge in [0, 0.05) is 6.54 Å². The Kier molecular flexibility index (Phi) is 3.58. The van der Waals surface area contributed by atoms with E-state index in [0.29, 0.717) is 5.69 Å². The second-order valence-corrected chi connectivity index (χ2v) is 3.51. The molecular formula is C10H11FN6O. The second kappa shape index (κ2) is 5.32. The van der Waals surface area contributed by atoms with Crippen molar-refractivity contribution in [2.75, 3.05) is 5.32 Å². The normalized spacial score (nSPS) is 10.3. The number of nitrogens with one attached hydrogen (secondary N) is 1. The van der Waals surface area contributed by atoms with Gasteiger partial charge in [0.05, 0.1) is 11.9 Å². The Bertz CT molecular complexity index is 555. The van der Waals surface area contributed by atoms with Crippen LogP contribution in [0.25, 0.3) is 0 Å². The van der Waals surface area contributed by atoms with Crippen molar-refractivity contribution >= 4 is 11.7 Å². The van der Waals surface area contributed by atoms with E-state index in [-0.39, 0.29) is 24.8 Å². The first-order chi connectivity index (χ1) is 8.67. The molecule has 0 spiro atoms. The fourth-order valence-electron chi connectivity index (χ4n) is 1.32. The minimum absolute atomic E-state index is 0.0365. The molecule has 94 valence electrons. The van der Waals surface area contributed by atoms with Crippen molar-refractivity contribution in [1.82, 2.24) is 20.0 Å². The molecule has 0 atom stereocenters. The molecule has 2 heterocycles. The minimum Gasteiger partial charge on any atom is -0.325 e. The van der Waals surface area contributed by atoms with E-state index in [0.717, 1.165) is 0 Å². The van der Waals surface area contributed by atoms with Gasteiger partial charge in [-0.2, -0.15) is 4.39 Å². The molecule has 0 fully saturated rings. The van der Waals surface area contributed by atoms with Crippen LogP contribution in [-0.2, 0) is 17.9 Å². The SMILES string of the molecule is NCc1cn(CC(=O)Nc2cccc(F)n2)nn1. The van der Waals surface area contributed by atoms with Gasteiger partial charge in [0.25, 0.3) is 0 Å². The Hall–Kier alpha value is -2.35. The summed E-state index contributed by atoms with van der Waals surface area (Å²) in [4.78, 5) is 15.1. The third kappa shape index (κ3) is 3.08. The molecule has 0 saturated carbocycles. The summed E-state index contributed by atoms with van der Waals surface area (Å²) >= 11 is 0. The van der Waals surface area contributed by atoms with Crippen molar-refractivity contribution < 1.29 is 9.18 Å². The third-order valence-electron chi connectivity index (χ3n) is 2.08. The fourth-order valence-corrected chi connectivity index (χ4v) is 1.32. The number of nitrogens with two attached hydrogens (primary N) is 1.